The van der Waals surface area contributed by atoms with Gasteiger partial charge in [0.15, 0.2) is 11.6 Å². The van der Waals surface area contributed by atoms with Gasteiger partial charge in [-0.2, -0.15) is 14.0 Å². The van der Waals surface area contributed by atoms with Crippen LogP contribution in [0.5, 0.6) is 5.75 Å². The van der Waals surface area contributed by atoms with Crippen LogP contribution in [-0.2, 0) is 6.42 Å². The van der Waals surface area contributed by atoms with Crippen LogP contribution in [0.3, 0.4) is 0 Å². The van der Waals surface area contributed by atoms with Crippen molar-refractivity contribution >= 4 is 0 Å². The van der Waals surface area contributed by atoms with Crippen molar-refractivity contribution in [1.82, 2.24) is 0 Å². The highest BCUT2D eigenvalue weighted by molar-refractivity contribution is 5.32. The third-order valence-corrected chi connectivity index (χ3v) is 1.57. The summed E-state index contributed by atoms with van der Waals surface area (Å²) in [5.41, 5.74) is -0.312. The average Bonchev–Trinajstić information content (AvgIpc) is 2.12. The molecule has 0 radical (unpaired) electrons. The summed E-state index contributed by atoms with van der Waals surface area (Å²) in [5.74, 6) is -3.05. The first-order valence-corrected chi connectivity index (χ1v) is 3.84. The van der Waals surface area contributed by atoms with E-state index < -0.39 is 30.4 Å². The summed E-state index contributed by atoms with van der Waals surface area (Å²) in [6.07, 6.45) is -0.414. The highest BCUT2D eigenvalue weighted by Crippen LogP contribution is 2.22. The quantitative estimate of drug-likeness (QED) is 0.732. The van der Waals surface area contributed by atoms with Crippen LogP contribution in [0.1, 0.15) is 5.56 Å². The molecule has 1 aromatic rings. The molecular weight excluding hydrogens is 214 g/mol. The fourth-order valence-corrected chi connectivity index (χ4v) is 1.00. The predicted molar refractivity (Wildman–Crippen MR) is 42.3 cm³/mol. The van der Waals surface area contributed by atoms with Crippen LogP contribution in [0.4, 0.5) is 17.6 Å². The van der Waals surface area contributed by atoms with E-state index in [1.165, 1.54) is 0 Å². The summed E-state index contributed by atoms with van der Waals surface area (Å²) in [6.45, 7) is -3.12. The molecule has 0 fully saturated rings. The Kier molecular flexibility index (Phi) is 3.50. The van der Waals surface area contributed by atoms with Crippen molar-refractivity contribution in [2.45, 2.75) is 13.0 Å². The van der Waals surface area contributed by atoms with E-state index in [4.69, 9.17) is 5.26 Å². The fraction of sp³-hybridized carbons (Fsp3) is 0.222. The van der Waals surface area contributed by atoms with Gasteiger partial charge in [0.05, 0.1) is 12.5 Å². The van der Waals surface area contributed by atoms with Gasteiger partial charge in [-0.3, -0.25) is 0 Å². The van der Waals surface area contributed by atoms with Gasteiger partial charge in [-0.05, 0) is 6.07 Å². The van der Waals surface area contributed by atoms with Crippen molar-refractivity contribution in [3.05, 3.63) is 29.3 Å². The van der Waals surface area contributed by atoms with E-state index in [1.54, 1.807) is 6.07 Å². The monoisotopic (exact) mass is 219 g/mol. The molecule has 15 heavy (non-hydrogen) atoms. The van der Waals surface area contributed by atoms with E-state index in [9.17, 15) is 17.6 Å². The molecule has 0 N–H and O–H groups in total. The van der Waals surface area contributed by atoms with E-state index in [0.29, 0.717) is 6.07 Å². The minimum Gasteiger partial charge on any atom is -0.435 e. The van der Waals surface area contributed by atoms with Gasteiger partial charge in [0.1, 0.15) is 5.75 Å². The number of alkyl halides is 2. The van der Waals surface area contributed by atoms with Gasteiger partial charge >= 0.3 is 6.61 Å². The minimum absolute atomic E-state index is 0.312. The Balaban J connectivity index is 3.06. The van der Waals surface area contributed by atoms with E-state index in [2.05, 4.69) is 4.74 Å². The lowest BCUT2D eigenvalue weighted by Crippen LogP contribution is -2.04. The van der Waals surface area contributed by atoms with Crippen molar-refractivity contribution in [3.63, 3.8) is 0 Å². The maximum absolute atomic E-state index is 12.9. The molecule has 2 nitrogen and oxygen atoms in total. The smallest absolute Gasteiger partial charge is 0.387 e. The summed E-state index contributed by atoms with van der Waals surface area (Å²) < 4.78 is 53.2. The van der Waals surface area contributed by atoms with Gasteiger partial charge < -0.3 is 4.74 Å². The number of ether oxygens (including phenoxy) is 1. The van der Waals surface area contributed by atoms with Crippen molar-refractivity contribution in [3.8, 4) is 11.8 Å². The fourth-order valence-electron chi connectivity index (χ4n) is 1.00. The zero-order valence-corrected chi connectivity index (χ0v) is 7.31. The molecule has 0 amide bonds. The van der Waals surface area contributed by atoms with Crippen molar-refractivity contribution in [2.75, 3.05) is 0 Å². The van der Waals surface area contributed by atoms with Crippen LogP contribution in [0, 0.1) is 23.0 Å². The molecule has 1 rings (SSSR count). The molecule has 0 aliphatic heterocycles. The van der Waals surface area contributed by atoms with Crippen molar-refractivity contribution in [2.24, 2.45) is 0 Å². The molecule has 0 aliphatic rings. The SMILES string of the molecule is N#CCc1cc(OC(F)F)cc(F)c1F. The maximum Gasteiger partial charge on any atom is 0.387 e. The summed E-state index contributed by atoms with van der Waals surface area (Å²) in [5, 5.41) is 8.28. The van der Waals surface area contributed by atoms with Gasteiger partial charge in [0.25, 0.3) is 0 Å². The zero-order valence-electron chi connectivity index (χ0n) is 7.31. The standard InChI is InChI=1S/C9H5F4NO/c10-7-4-6(15-9(12)13)3-5(1-2-14)8(7)11/h3-4,9H,1H2. The van der Waals surface area contributed by atoms with E-state index in [-0.39, 0.29) is 5.56 Å². The van der Waals surface area contributed by atoms with Crippen LogP contribution in [0.2, 0.25) is 0 Å². The van der Waals surface area contributed by atoms with Gasteiger partial charge in [0, 0.05) is 11.6 Å². The first-order chi connectivity index (χ1) is 7.04. The van der Waals surface area contributed by atoms with Gasteiger partial charge in [-0.15, -0.1) is 0 Å². The average molecular weight is 219 g/mol. The normalized spacial score (nSPS) is 10.1. The number of hydrogen-bond donors (Lipinski definition) is 0. The first-order valence-electron chi connectivity index (χ1n) is 3.84. The number of rotatable bonds is 3. The Morgan fingerprint density at radius 3 is 2.53 bits per heavy atom. The number of benzene rings is 1. The molecule has 0 saturated carbocycles. The highest BCUT2D eigenvalue weighted by Gasteiger charge is 2.13. The zero-order chi connectivity index (χ0) is 11.4. The Morgan fingerprint density at radius 2 is 2.00 bits per heavy atom. The first kappa shape index (κ1) is 11.3. The third-order valence-electron chi connectivity index (χ3n) is 1.57. The summed E-state index contributed by atoms with van der Waals surface area (Å²) in [4.78, 5) is 0. The summed E-state index contributed by atoms with van der Waals surface area (Å²) in [7, 11) is 0. The van der Waals surface area contributed by atoms with Crippen LogP contribution in [0.25, 0.3) is 0 Å². The van der Waals surface area contributed by atoms with E-state index in [0.717, 1.165) is 6.07 Å². The van der Waals surface area contributed by atoms with Crippen LogP contribution >= 0.6 is 0 Å². The lowest BCUT2D eigenvalue weighted by atomic mass is 10.1. The predicted octanol–water partition coefficient (Wildman–Crippen LogP) is 2.63. The topological polar surface area (TPSA) is 33.0 Å². The number of halogens is 4. The Hall–Kier alpha value is -1.77. The summed E-state index contributed by atoms with van der Waals surface area (Å²) in [6, 6.07) is 2.95. The molecule has 0 atom stereocenters. The lowest BCUT2D eigenvalue weighted by molar-refractivity contribution is -0.0501. The second-order valence-electron chi connectivity index (χ2n) is 2.59. The number of nitriles is 1. The number of hydrogen-bond acceptors (Lipinski definition) is 2. The molecule has 6 heteroatoms. The van der Waals surface area contributed by atoms with E-state index >= 15 is 0 Å². The second kappa shape index (κ2) is 4.64. The molecule has 0 bridgehead atoms. The highest BCUT2D eigenvalue weighted by atomic mass is 19.3. The Labute approximate surface area is 82.7 Å². The lowest BCUT2D eigenvalue weighted by Gasteiger charge is -2.06. The van der Waals surface area contributed by atoms with Gasteiger partial charge in [-0.25, -0.2) is 8.78 Å². The Morgan fingerprint density at radius 1 is 1.33 bits per heavy atom. The molecule has 0 aliphatic carbocycles. The van der Waals surface area contributed by atoms with Gasteiger partial charge in [0.2, 0.25) is 0 Å². The molecule has 0 heterocycles. The molecule has 1 aromatic carbocycles. The van der Waals surface area contributed by atoms with Gasteiger partial charge in [-0.1, -0.05) is 0 Å². The van der Waals surface area contributed by atoms with Crippen LogP contribution in [-0.4, -0.2) is 6.61 Å². The van der Waals surface area contributed by atoms with Crippen molar-refractivity contribution in [1.29, 1.82) is 5.26 Å². The van der Waals surface area contributed by atoms with Crippen molar-refractivity contribution < 1.29 is 22.3 Å². The largest absolute Gasteiger partial charge is 0.435 e. The molecule has 80 valence electrons. The van der Waals surface area contributed by atoms with Crippen LogP contribution < -0.4 is 4.74 Å². The summed E-state index contributed by atoms with van der Waals surface area (Å²) >= 11 is 0. The van der Waals surface area contributed by atoms with Crippen LogP contribution in [0.15, 0.2) is 12.1 Å². The third kappa shape index (κ3) is 2.84. The minimum atomic E-state index is -3.12. The maximum atomic E-state index is 12.9. The second-order valence-corrected chi connectivity index (χ2v) is 2.59. The Bertz CT molecular complexity index is 400. The van der Waals surface area contributed by atoms with E-state index in [1.807, 2.05) is 0 Å². The molecule has 0 saturated heterocycles. The molecule has 0 aromatic heterocycles. The molecule has 0 unspecified atom stereocenters. The molecular formula is C9H5F4NO. The molecule has 0 spiro atoms. The number of nitrogens with zero attached hydrogens (tertiary/aromatic N) is 1.